The quantitative estimate of drug-likeness (QED) is 0.129. The first-order chi connectivity index (χ1) is 51.1. The lowest BCUT2D eigenvalue weighted by Crippen LogP contribution is -2.11. The van der Waals surface area contributed by atoms with Gasteiger partial charge in [-0.2, -0.15) is 0 Å². The minimum absolute atomic E-state index is 0.200. The van der Waals surface area contributed by atoms with Gasteiger partial charge in [0.15, 0.2) is 0 Å². The first-order valence-electron chi connectivity index (χ1n) is 35.4. The molecule has 0 unspecified atom stereocenters. The molecule has 103 heavy (non-hydrogen) atoms. The Hall–Kier alpha value is -13.7. The van der Waals surface area contributed by atoms with Gasteiger partial charge in [0, 0.05) is 106 Å². The highest BCUT2D eigenvalue weighted by Gasteiger charge is 2.30. The largest absolute Gasteiger partial charge is 0.311 e. The molecule has 1 aliphatic rings. The summed E-state index contributed by atoms with van der Waals surface area (Å²) in [5.41, 5.74) is 27.6. The van der Waals surface area contributed by atoms with Gasteiger partial charge in [-0.1, -0.05) is 224 Å². The van der Waals surface area contributed by atoms with Crippen molar-refractivity contribution in [3.8, 4) is 33.9 Å². The second-order valence-corrected chi connectivity index (χ2v) is 26.7. The summed E-state index contributed by atoms with van der Waals surface area (Å²) in [6.45, 7) is 0. The third-order valence-electron chi connectivity index (χ3n) is 21.1. The number of benzene rings is 16. The maximum Gasteiger partial charge on any atom is 0.0541 e. The van der Waals surface area contributed by atoms with Gasteiger partial charge in [-0.05, 0) is 198 Å². The van der Waals surface area contributed by atoms with E-state index >= 15 is 0 Å². The van der Waals surface area contributed by atoms with Gasteiger partial charge < -0.3 is 28.1 Å². The summed E-state index contributed by atoms with van der Waals surface area (Å²) in [4.78, 5) is 4.71. The molecule has 0 spiro atoms. The predicted molar refractivity (Wildman–Crippen MR) is 432 cm³/mol. The van der Waals surface area contributed by atoms with Gasteiger partial charge in [-0.3, -0.25) is 0 Å². The lowest BCUT2D eigenvalue weighted by Gasteiger charge is -2.27. The molecule has 0 saturated heterocycles. The number of rotatable bonds is 11. The van der Waals surface area contributed by atoms with Crippen molar-refractivity contribution in [2.75, 3.05) is 9.80 Å². The Balaban J connectivity index is 0.000000142. The van der Waals surface area contributed by atoms with Crippen LogP contribution in [-0.4, -0.2) is 18.3 Å². The Bertz CT molecular complexity index is 6020. The molecule has 6 nitrogen and oxygen atoms in total. The lowest BCUT2D eigenvalue weighted by atomic mass is 9.89. The monoisotopic (exact) mass is 1310 g/mol. The summed E-state index contributed by atoms with van der Waals surface area (Å²) in [5.74, 6) is 0.200. The molecule has 0 aliphatic heterocycles. The normalized spacial score (nSPS) is 12.0. The van der Waals surface area contributed by atoms with Crippen molar-refractivity contribution in [3.05, 3.63) is 411 Å². The molecule has 6 heteroatoms. The van der Waals surface area contributed by atoms with E-state index < -0.39 is 0 Å². The van der Waals surface area contributed by atoms with E-state index in [2.05, 4.69) is 422 Å². The summed E-state index contributed by atoms with van der Waals surface area (Å²) in [6, 6.07) is 143. The Kier molecular flexibility index (Phi) is 14.2. The summed E-state index contributed by atoms with van der Waals surface area (Å²) in [5, 5.41) is 10.1. The molecule has 0 atom stereocenters. The van der Waals surface area contributed by atoms with E-state index in [1.165, 1.54) is 115 Å². The van der Waals surface area contributed by atoms with Crippen LogP contribution in [0.3, 0.4) is 0 Å². The molecule has 0 bridgehead atoms. The van der Waals surface area contributed by atoms with Gasteiger partial charge in [-0.25, -0.2) is 0 Å². The molecule has 16 aromatic carbocycles. The number of hydrogen-bond donors (Lipinski definition) is 0. The molecule has 0 radical (unpaired) electrons. The molecule has 4 aromatic heterocycles. The minimum atomic E-state index is 0.200. The molecule has 21 rings (SSSR count). The van der Waals surface area contributed by atoms with Crippen LogP contribution >= 0.6 is 0 Å². The standard InChI is InChI=1S/C55H37N3.C42H29N3/c1-3-19-49-43(13-1)44-14-2-4-20-50(44)55(49)37-25-27-38(28-26-37)56(39-29-33-41(34-30-39)57-51-21-9-5-15-45(51)46-16-6-10-22-52(46)57)40-31-35-42(36-32-40)58-53-23-11-7-17-47(53)48-18-8-12-24-54(48)58;1-2-12-30(13-3-1)43(31-22-26-33(27-23-31)44-39-18-8-4-14-35(39)36-15-5-9-19-40(36)44)32-24-28-34(29-25-32)45-41-20-10-6-16-37(41)38-17-7-11-21-42(38)45/h1-36,55H;1-29H. The number of fused-ring (bicyclic) bond motifs is 15. The van der Waals surface area contributed by atoms with Crippen molar-refractivity contribution in [2.45, 2.75) is 5.92 Å². The number of nitrogens with zero attached hydrogens (tertiary/aromatic N) is 6. The predicted octanol–water partition coefficient (Wildman–Crippen LogP) is 25.9. The topological polar surface area (TPSA) is 26.2 Å². The van der Waals surface area contributed by atoms with Gasteiger partial charge in [-0.15, -0.1) is 0 Å². The molecule has 0 amide bonds. The van der Waals surface area contributed by atoms with Crippen LogP contribution in [0.2, 0.25) is 0 Å². The van der Waals surface area contributed by atoms with Crippen molar-refractivity contribution < 1.29 is 0 Å². The highest BCUT2D eigenvalue weighted by molar-refractivity contribution is 6.12. The Morgan fingerprint density at radius 2 is 0.359 bits per heavy atom. The Morgan fingerprint density at radius 3 is 0.612 bits per heavy atom. The molecular weight excluding hydrogens is 1250 g/mol. The molecule has 484 valence electrons. The third kappa shape index (κ3) is 9.86. The molecule has 0 N–H and O–H groups in total. The van der Waals surface area contributed by atoms with Crippen molar-refractivity contribution in [2.24, 2.45) is 0 Å². The highest BCUT2D eigenvalue weighted by atomic mass is 15.2. The second-order valence-electron chi connectivity index (χ2n) is 26.7. The number of para-hydroxylation sites is 9. The summed E-state index contributed by atoms with van der Waals surface area (Å²) < 4.78 is 9.49. The van der Waals surface area contributed by atoms with Gasteiger partial charge in [0.1, 0.15) is 0 Å². The first-order valence-corrected chi connectivity index (χ1v) is 35.4. The molecule has 20 aromatic rings. The summed E-state index contributed by atoms with van der Waals surface area (Å²) >= 11 is 0. The van der Waals surface area contributed by atoms with E-state index in [9.17, 15) is 0 Å². The fourth-order valence-corrected chi connectivity index (χ4v) is 16.6. The lowest BCUT2D eigenvalue weighted by molar-refractivity contribution is 1.01. The molecule has 4 heterocycles. The molecular formula is C97H66N6. The number of aromatic nitrogens is 4. The van der Waals surface area contributed by atoms with Gasteiger partial charge >= 0.3 is 0 Å². The zero-order chi connectivity index (χ0) is 67.9. The van der Waals surface area contributed by atoms with Crippen molar-refractivity contribution in [3.63, 3.8) is 0 Å². The third-order valence-corrected chi connectivity index (χ3v) is 21.1. The van der Waals surface area contributed by atoms with Crippen molar-refractivity contribution in [1.82, 2.24) is 18.3 Å². The van der Waals surface area contributed by atoms with E-state index in [0.717, 1.165) is 56.9 Å². The van der Waals surface area contributed by atoms with Crippen molar-refractivity contribution in [1.29, 1.82) is 0 Å². The zero-order valence-electron chi connectivity index (χ0n) is 56.3. The van der Waals surface area contributed by atoms with E-state index in [-0.39, 0.29) is 5.92 Å². The van der Waals surface area contributed by atoms with Crippen LogP contribution in [-0.2, 0) is 0 Å². The van der Waals surface area contributed by atoms with E-state index in [1.807, 2.05) is 0 Å². The fourth-order valence-electron chi connectivity index (χ4n) is 16.6. The average molecular weight is 1320 g/mol. The van der Waals surface area contributed by atoms with E-state index in [4.69, 9.17) is 0 Å². The van der Waals surface area contributed by atoms with Crippen LogP contribution in [0, 0.1) is 0 Å². The van der Waals surface area contributed by atoms with Crippen molar-refractivity contribution >= 4 is 121 Å². The molecule has 0 fully saturated rings. The number of hydrogen-bond acceptors (Lipinski definition) is 2. The summed E-state index contributed by atoms with van der Waals surface area (Å²) in [6.07, 6.45) is 0. The van der Waals surface area contributed by atoms with E-state index in [1.54, 1.807) is 0 Å². The fraction of sp³-hybridized carbons (Fsp3) is 0.0103. The Labute approximate surface area is 596 Å². The maximum absolute atomic E-state index is 2.38. The Morgan fingerprint density at radius 1 is 0.165 bits per heavy atom. The van der Waals surface area contributed by atoms with Gasteiger partial charge in [0.25, 0.3) is 0 Å². The van der Waals surface area contributed by atoms with Crippen LogP contribution in [0.4, 0.5) is 34.1 Å². The second kappa shape index (κ2) is 24.6. The van der Waals surface area contributed by atoms with Crippen LogP contribution < -0.4 is 9.80 Å². The minimum Gasteiger partial charge on any atom is -0.311 e. The average Bonchev–Trinajstić information content (AvgIpc) is 1.62. The van der Waals surface area contributed by atoms with Gasteiger partial charge in [0.2, 0.25) is 0 Å². The first kappa shape index (κ1) is 59.4. The van der Waals surface area contributed by atoms with Crippen LogP contribution in [0.25, 0.3) is 121 Å². The van der Waals surface area contributed by atoms with E-state index in [0.29, 0.717) is 0 Å². The van der Waals surface area contributed by atoms with Crippen LogP contribution in [0.1, 0.15) is 22.6 Å². The molecule has 1 aliphatic carbocycles. The SMILES string of the molecule is c1ccc(N(c2ccc(-n3c4ccccc4c4ccccc43)cc2)c2ccc(-n3c4ccccc4c4ccccc43)cc2)cc1.c1ccc2c(c1)-c1ccccc1C2c1ccc(N(c2ccc(-n3c4ccccc4c4ccccc43)cc2)c2ccc(-n3c4ccccc4c4ccccc43)cc2)cc1. The smallest absolute Gasteiger partial charge is 0.0541 e. The molecule has 0 saturated carbocycles. The number of anilines is 6. The highest BCUT2D eigenvalue weighted by Crippen LogP contribution is 2.49. The summed E-state index contributed by atoms with van der Waals surface area (Å²) in [7, 11) is 0. The van der Waals surface area contributed by atoms with Gasteiger partial charge in [0.05, 0.1) is 44.1 Å². The van der Waals surface area contributed by atoms with Crippen LogP contribution in [0.5, 0.6) is 0 Å². The zero-order valence-corrected chi connectivity index (χ0v) is 56.3. The van der Waals surface area contributed by atoms with Crippen LogP contribution in [0.15, 0.2) is 394 Å². The maximum atomic E-state index is 2.38.